The van der Waals surface area contributed by atoms with Gasteiger partial charge in [-0.3, -0.25) is 37.3 Å². The van der Waals surface area contributed by atoms with Crippen LogP contribution >= 0.6 is 15.6 Å². The summed E-state index contributed by atoms with van der Waals surface area (Å²) in [5.74, 6) is -0.578. The molecule has 0 aliphatic carbocycles. The normalized spacial score (nSPS) is 14.3. The van der Waals surface area contributed by atoms with Gasteiger partial charge in [-0.2, -0.15) is 0 Å². The quantitative estimate of drug-likeness (QED) is 0.0222. The number of hydrogen-bond donors (Lipinski definition) is 3. The van der Waals surface area contributed by atoms with Crippen LogP contribution in [0, 0.1) is 11.8 Å². The Morgan fingerprint density at radius 2 is 0.548 bits per heavy atom. The van der Waals surface area contributed by atoms with Crippen LogP contribution in [0.2, 0.25) is 0 Å². The molecule has 0 aliphatic heterocycles. The molecule has 0 saturated heterocycles. The van der Waals surface area contributed by atoms with Gasteiger partial charge < -0.3 is 33.8 Å². The van der Waals surface area contributed by atoms with Crippen LogP contribution < -0.4 is 0 Å². The van der Waals surface area contributed by atoms with E-state index < -0.39 is 97.5 Å². The first-order valence-corrected chi connectivity index (χ1v) is 41.5. The fourth-order valence-corrected chi connectivity index (χ4v) is 12.8. The Morgan fingerprint density at radius 1 is 0.312 bits per heavy atom. The molecule has 93 heavy (non-hydrogen) atoms. The smallest absolute Gasteiger partial charge is 0.462 e. The number of esters is 4. The molecule has 0 radical (unpaired) electrons. The molecule has 0 bridgehead atoms. The van der Waals surface area contributed by atoms with Crippen LogP contribution in [0.4, 0.5) is 0 Å². The zero-order valence-corrected chi connectivity index (χ0v) is 62.3. The number of phosphoric ester groups is 2. The molecule has 3 unspecified atom stereocenters. The van der Waals surface area contributed by atoms with Crippen molar-refractivity contribution in [1.82, 2.24) is 0 Å². The van der Waals surface area contributed by atoms with E-state index in [1.54, 1.807) is 0 Å². The summed E-state index contributed by atoms with van der Waals surface area (Å²) in [6, 6.07) is 0. The third-order valence-electron chi connectivity index (χ3n) is 17.6. The van der Waals surface area contributed by atoms with E-state index in [9.17, 15) is 43.2 Å². The number of ether oxygens (including phenoxy) is 4. The molecule has 0 saturated carbocycles. The number of aliphatic hydroxyl groups is 1. The lowest BCUT2D eigenvalue weighted by atomic mass is 9.99. The SMILES string of the molecule is CCCCCCCCCCCCCCCCCC(=O)OC[C@H](COP(=O)(O)OC[C@@H](O)COP(=O)(O)OC[C@@H](COC(=O)CCCCCCCCCCCC)OC(=O)CCCCCCCCCC(C)C)OC(=O)CCCCCCCCCCCCCCCCC(C)CC. The first-order chi connectivity index (χ1) is 44.9. The van der Waals surface area contributed by atoms with Gasteiger partial charge in [0.2, 0.25) is 0 Å². The summed E-state index contributed by atoms with van der Waals surface area (Å²) in [6.07, 6.45) is 52.7. The van der Waals surface area contributed by atoms with Gasteiger partial charge in [-0.25, -0.2) is 9.13 Å². The lowest BCUT2D eigenvalue weighted by Gasteiger charge is -2.21. The fraction of sp³-hybridized carbons (Fsp3) is 0.946. The van der Waals surface area contributed by atoms with Crippen LogP contribution in [0.1, 0.15) is 382 Å². The number of unbranched alkanes of at least 4 members (excludes halogenated alkanes) is 42. The maximum absolute atomic E-state index is 13.1. The first kappa shape index (κ1) is 91.1. The Labute approximate surface area is 568 Å². The van der Waals surface area contributed by atoms with Gasteiger partial charge in [-0.15, -0.1) is 0 Å². The molecule has 0 fully saturated rings. The molecule has 0 amide bonds. The summed E-state index contributed by atoms with van der Waals surface area (Å²) >= 11 is 0. The van der Waals surface area contributed by atoms with Crippen LogP contribution in [0.25, 0.3) is 0 Å². The van der Waals surface area contributed by atoms with Crippen molar-refractivity contribution in [3.63, 3.8) is 0 Å². The number of carbonyl (C=O) groups is 4. The number of hydrogen-bond acceptors (Lipinski definition) is 15. The zero-order chi connectivity index (χ0) is 68.6. The molecule has 17 nitrogen and oxygen atoms in total. The van der Waals surface area contributed by atoms with Crippen LogP contribution in [0.5, 0.6) is 0 Å². The summed E-state index contributed by atoms with van der Waals surface area (Å²) in [4.78, 5) is 72.7. The highest BCUT2D eigenvalue weighted by Gasteiger charge is 2.30. The van der Waals surface area contributed by atoms with Crippen molar-refractivity contribution in [3.05, 3.63) is 0 Å². The minimum absolute atomic E-state index is 0.104. The van der Waals surface area contributed by atoms with E-state index in [0.29, 0.717) is 31.6 Å². The highest BCUT2D eigenvalue weighted by molar-refractivity contribution is 7.47. The van der Waals surface area contributed by atoms with Crippen molar-refractivity contribution in [2.24, 2.45) is 11.8 Å². The molecule has 552 valence electrons. The fourth-order valence-electron chi connectivity index (χ4n) is 11.3. The average Bonchev–Trinajstić information content (AvgIpc) is 2.21. The maximum atomic E-state index is 13.1. The average molecular weight is 1370 g/mol. The molecule has 0 aliphatic rings. The van der Waals surface area contributed by atoms with Crippen molar-refractivity contribution in [1.29, 1.82) is 0 Å². The summed E-state index contributed by atoms with van der Waals surface area (Å²) < 4.78 is 68.4. The zero-order valence-electron chi connectivity index (χ0n) is 60.6. The van der Waals surface area contributed by atoms with E-state index in [2.05, 4.69) is 41.5 Å². The lowest BCUT2D eigenvalue weighted by molar-refractivity contribution is -0.161. The Balaban J connectivity index is 5.23. The minimum Gasteiger partial charge on any atom is -0.462 e. The van der Waals surface area contributed by atoms with Crippen molar-refractivity contribution in [2.45, 2.75) is 400 Å². The van der Waals surface area contributed by atoms with Crippen LogP contribution in [-0.4, -0.2) is 96.7 Å². The van der Waals surface area contributed by atoms with Gasteiger partial charge >= 0.3 is 39.5 Å². The van der Waals surface area contributed by atoms with Gasteiger partial charge in [0.05, 0.1) is 26.4 Å². The molecule has 0 aromatic carbocycles. The molecule has 3 N–H and O–H groups in total. The van der Waals surface area contributed by atoms with E-state index in [-0.39, 0.29) is 25.7 Å². The molecular formula is C74H144O17P2. The van der Waals surface area contributed by atoms with Gasteiger partial charge in [0.25, 0.3) is 0 Å². The van der Waals surface area contributed by atoms with Crippen LogP contribution in [0.3, 0.4) is 0 Å². The molecule has 19 heteroatoms. The molecule has 6 atom stereocenters. The maximum Gasteiger partial charge on any atom is 0.472 e. The highest BCUT2D eigenvalue weighted by atomic mass is 31.2. The Hall–Kier alpha value is -1.94. The van der Waals surface area contributed by atoms with Crippen molar-refractivity contribution >= 4 is 39.5 Å². The van der Waals surface area contributed by atoms with E-state index in [1.165, 1.54) is 199 Å². The van der Waals surface area contributed by atoms with Gasteiger partial charge in [0.1, 0.15) is 19.3 Å². The molecule has 0 spiro atoms. The van der Waals surface area contributed by atoms with Gasteiger partial charge in [0, 0.05) is 25.7 Å². The number of aliphatic hydroxyl groups excluding tert-OH is 1. The molecular weight excluding hydrogens is 1220 g/mol. The summed E-state index contributed by atoms with van der Waals surface area (Å²) in [6.45, 7) is 9.57. The standard InChI is InChI=1S/C74H144O17P2/c1-7-10-12-14-16-18-20-21-22-26-29-33-39-45-51-57-72(77)85-62-69(90-73(78)58-52-46-40-34-30-27-24-23-25-28-31-37-43-49-55-67(6)9-3)64-88-92(80,81)86-60-68(75)61-87-93(82,83)89-65-70(91-74(79)59-53-47-41-35-36-42-48-54-66(4)5)63-84-71(76)56-50-44-38-32-19-17-15-13-11-8-2/h66-70,75H,7-65H2,1-6H3,(H,80,81)(H,82,83)/t67?,68-,69-,70-/m1/s1. The molecule has 0 heterocycles. The second-order valence-corrected chi connectivity index (χ2v) is 30.3. The largest absolute Gasteiger partial charge is 0.472 e. The van der Waals surface area contributed by atoms with Gasteiger partial charge in [-0.1, -0.05) is 330 Å². The van der Waals surface area contributed by atoms with Crippen molar-refractivity contribution < 1.29 is 80.2 Å². The molecule has 0 aromatic heterocycles. The monoisotopic (exact) mass is 1370 g/mol. The van der Waals surface area contributed by atoms with E-state index >= 15 is 0 Å². The third-order valence-corrected chi connectivity index (χ3v) is 19.5. The van der Waals surface area contributed by atoms with Gasteiger partial charge in [0.15, 0.2) is 12.2 Å². The second-order valence-electron chi connectivity index (χ2n) is 27.4. The first-order valence-electron chi connectivity index (χ1n) is 38.5. The summed E-state index contributed by atoms with van der Waals surface area (Å²) in [7, 11) is -9.90. The Bertz CT molecular complexity index is 1810. The predicted molar refractivity (Wildman–Crippen MR) is 377 cm³/mol. The predicted octanol–water partition coefficient (Wildman–Crippen LogP) is 21.6. The lowest BCUT2D eigenvalue weighted by Crippen LogP contribution is -2.30. The Kier molecular flexibility index (Phi) is 64.6. The van der Waals surface area contributed by atoms with Crippen LogP contribution in [-0.2, 0) is 65.4 Å². The minimum atomic E-state index is -4.96. The molecule has 0 aromatic rings. The van der Waals surface area contributed by atoms with Gasteiger partial charge in [-0.05, 0) is 37.5 Å². The second kappa shape index (κ2) is 66.0. The number of carbonyl (C=O) groups excluding carboxylic acids is 4. The topological polar surface area (TPSA) is 237 Å². The van der Waals surface area contributed by atoms with E-state index in [1.807, 2.05) is 0 Å². The number of rotatable bonds is 73. The summed E-state index contributed by atoms with van der Waals surface area (Å²) in [5.41, 5.74) is 0. The third kappa shape index (κ3) is 67.0. The van der Waals surface area contributed by atoms with Crippen molar-refractivity contribution in [2.75, 3.05) is 39.6 Å². The van der Waals surface area contributed by atoms with Crippen molar-refractivity contribution in [3.8, 4) is 0 Å². The highest BCUT2D eigenvalue weighted by Crippen LogP contribution is 2.45. The number of phosphoric acid groups is 2. The Morgan fingerprint density at radius 3 is 0.817 bits per heavy atom. The molecule has 0 rings (SSSR count). The summed E-state index contributed by atoms with van der Waals surface area (Å²) in [5, 5.41) is 10.6. The van der Waals surface area contributed by atoms with E-state index in [0.717, 1.165) is 95.8 Å². The van der Waals surface area contributed by atoms with Crippen LogP contribution in [0.15, 0.2) is 0 Å². The van der Waals surface area contributed by atoms with E-state index in [4.69, 9.17) is 37.0 Å².